The molecule has 0 bridgehead atoms. The van der Waals surface area contributed by atoms with Crippen molar-refractivity contribution < 1.29 is 22.7 Å². The van der Waals surface area contributed by atoms with Gasteiger partial charge in [0.25, 0.3) is 0 Å². The number of H-pyrrole nitrogens is 1. The number of amides is 1. The van der Waals surface area contributed by atoms with Crippen LogP contribution >= 0.6 is 0 Å². The summed E-state index contributed by atoms with van der Waals surface area (Å²) in [5.74, 6) is 0.459. The molecule has 0 aliphatic carbocycles. The van der Waals surface area contributed by atoms with Crippen molar-refractivity contribution in [3.05, 3.63) is 96.2 Å². The number of hydrogen-bond donors (Lipinski definition) is 2. The first kappa shape index (κ1) is 21.2. The molecule has 4 rings (SSSR count). The van der Waals surface area contributed by atoms with Crippen LogP contribution in [0.4, 0.5) is 23.7 Å². The van der Waals surface area contributed by atoms with Gasteiger partial charge in [-0.1, -0.05) is 54.6 Å². The van der Waals surface area contributed by atoms with E-state index in [2.05, 4.69) is 15.3 Å². The zero-order valence-electron chi connectivity index (χ0n) is 16.7. The average molecular weight is 437 g/mol. The summed E-state index contributed by atoms with van der Waals surface area (Å²) in [7, 11) is 0. The Morgan fingerprint density at radius 1 is 0.906 bits per heavy atom. The Bertz CT molecular complexity index is 1190. The van der Waals surface area contributed by atoms with Crippen molar-refractivity contribution in [2.45, 2.75) is 12.8 Å². The van der Waals surface area contributed by atoms with Gasteiger partial charge in [0, 0.05) is 11.3 Å². The molecule has 0 aliphatic rings. The molecule has 1 amide bonds. The second-order valence-corrected chi connectivity index (χ2v) is 6.98. The maximum absolute atomic E-state index is 12.7. The van der Waals surface area contributed by atoms with Crippen molar-refractivity contribution in [2.24, 2.45) is 0 Å². The number of alkyl halides is 3. The van der Waals surface area contributed by atoms with Crippen molar-refractivity contribution in [3.8, 4) is 22.6 Å². The Morgan fingerprint density at radius 2 is 1.56 bits per heavy atom. The molecule has 0 saturated carbocycles. The van der Waals surface area contributed by atoms with Crippen LogP contribution in [0, 0.1) is 0 Å². The van der Waals surface area contributed by atoms with Crippen molar-refractivity contribution in [2.75, 3.05) is 5.32 Å². The van der Waals surface area contributed by atoms with E-state index in [0.717, 1.165) is 23.3 Å². The molecule has 5 nitrogen and oxygen atoms in total. The highest BCUT2D eigenvalue weighted by Crippen LogP contribution is 2.31. The number of benzene rings is 3. The molecule has 3 aromatic carbocycles. The Morgan fingerprint density at radius 3 is 2.22 bits per heavy atom. The molecular weight excluding hydrogens is 419 g/mol. The monoisotopic (exact) mass is 437 g/mol. The minimum atomic E-state index is -4.38. The van der Waals surface area contributed by atoms with Crippen LogP contribution in [0.3, 0.4) is 0 Å². The smallest absolute Gasteiger partial charge is 0.416 e. The highest BCUT2D eigenvalue weighted by molar-refractivity contribution is 5.85. The van der Waals surface area contributed by atoms with Crippen LogP contribution in [0.1, 0.15) is 11.1 Å². The molecule has 4 aromatic rings. The number of hydrogen-bond acceptors (Lipinski definition) is 3. The lowest BCUT2D eigenvalue weighted by atomic mass is 10.1. The second-order valence-electron chi connectivity index (χ2n) is 6.98. The maximum atomic E-state index is 12.7. The van der Waals surface area contributed by atoms with Crippen LogP contribution in [-0.4, -0.2) is 16.1 Å². The number of aromatic amines is 1. The fourth-order valence-electron chi connectivity index (χ4n) is 3.04. The fourth-order valence-corrected chi connectivity index (χ4v) is 3.04. The predicted octanol–water partition coefficient (Wildman–Crippen LogP) is 6.51. The first-order chi connectivity index (χ1) is 15.4. The van der Waals surface area contributed by atoms with E-state index in [4.69, 9.17) is 4.74 Å². The number of anilines is 1. The molecule has 0 unspecified atom stereocenters. The predicted molar refractivity (Wildman–Crippen MR) is 115 cm³/mol. The molecule has 0 aliphatic heterocycles. The van der Waals surface area contributed by atoms with Crippen LogP contribution in [0.5, 0.6) is 0 Å². The zero-order chi connectivity index (χ0) is 22.6. The quantitative estimate of drug-likeness (QED) is 0.374. The van der Waals surface area contributed by atoms with E-state index < -0.39 is 17.8 Å². The summed E-state index contributed by atoms with van der Waals surface area (Å²) < 4.78 is 43.4. The second kappa shape index (κ2) is 8.97. The van der Waals surface area contributed by atoms with E-state index in [9.17, 15) is 18.0 Å². The van der Waals surface area contributed by atoms with Gasteiger partial charge in [-0.2, -0.15) is 13.2 Å². The van der Waals surface area contributed by atoms with Gasteiger partial charge < -0.3 is 9.72 Å². The number of rotatable bonds is 5. The number of nitrogens with zero attached hydrogens (tertiary/aromatic N) is 1. The van der Waals surface area contributed by atoms with E-state index in [-0.39, 0.29) is 6.61 Å². The number of nitrogens with one attached hydrogen (secondary N) is 2. The molecule has 0 saturated heterocycles. The van der Waals surface area contributed by atoms with Crippen LogP contribution in [0.15, 0.2) is 85.1 Å². The van der Waals surface area contributed by atoms with Gasteiger partial charge in [-0.05, 0) is 35.4 Å². The van der Waals surface area contributed by atoms with Crippen LogP contribution in [0.2, 0.25) is 0 Å². The van der Waals surface area contributed by atoms with Crippen LogP contribution in [-0.2, 0) is 17.5 Å². The highest BCUT2D eigenvalue weighted by Gasteiger charge is 2.30. The third-order valence-electron chi connectivity index (χ3n) is 4.72. The number of carbonyl (C=O) groups excluding carboxylic acids is 1. The summed E-state index contributed by atoms with van der Waals surface area (Å²) >= 11 is 0. The average Bonchev–Trinajstić information content (AvgIpc) is 3.29. The third kappa shape index (κ3) is 5.15. The van der Waals surface area contributed by atoms with Crippen molar-refractivity contribution >= 4 is 11.8 Å². The molecule has 1 heterocycles. The van der Waals surface area contributed by atoms with Gasteiger partial charge in [0.2, 0.25) is 0 Å². The summed E-state index contributed by atoms with van der Waals surface area (Å²) in [6, 6.07) is 21.2. The highest BCUT2D eigenvalue weighted by atomic mass is 19.4. The molecule has 1 aromatic heterocycles. The lowest BCUT2D eigenvalue weighted by Crippen LogP contribution is -2.13. The summed E-state index contributed by atoms with van der Waals surface area (Å²) in [6.45, 7) is 0.172. The molecule has 0 spiro atoms. The summed E-state index contributed by atoms with van der Waals surface area (Å²) in [6.07, 6.45) is -3.34. The van der Waals surface area contributed by atoms with E-state index >= 15 is 0 Å². The lowest BCUT2D eigenvalue weighted by molar-refractivity contribution is -0.137. The molecule has 0 radical (unpaired) electrons. The Labute approximate surface area is 181 Å². The molecule has 0 fully saturated rings. The standard InChI is InChI=1S/C24H18F3N3O2/c25-24(26,27)19-10-6-18(7-11-19)22-28-14-21(30-22)17-8-12-20(13-9-17)29-23(31)32-15-16-4-2-1-3-5-16/h1-14H,15H2,(H,28,30)(H,29,31). The van der Waals surface area contributed by atoms with Gasteiger partial charge >= 0.3 is 12.3 Å². The van der Waals surface area contributed by atoms with Crippen LogP contribution in [0.25, 0.3) is 22.6 Å². The third-order valence-corrected chi connectivity index (χ3v) is 4.72. The van der Waals surface area contributed by atoms with E-state index in [1.54, 1.807) is 30.5 Å². The van der Waals surface area contributed by atoms with Crippen LogP contribution < -0.4 is 5.32 Å². The molecule has 8 heteroatoms. The van der Waals surface area contributed by atoms with Crippen molar-refractivity contribution in [3.63, 3.8) is 0 Å². The van der Waals surface area contributed by atoms with Gasteiger partial charge in [-0.15, -0.1) is 0 Å². The number of aromatic nitrogens is 2. The van der Waals surface area contributed by atoms with E-state index in [0.29, 0.717) is 22.8 Å². The summed E-state index contributed by atoms with van der Waals surface area (Å²) in [4.78, 5) is 19.3. The first-order valence-corrected chi connectivity index (χ1v) is 9.69. The van der Waals surface area contributed by atoms with Crippen molar-refractivity contribution in [1.82, 2.24) is 9.97 Å². The van der Waals surface area contributed by atoms with Gasteiger partial charge in [-0.25, -0.2) is 9.78 Å². The van der Waals surface area contributed by atoms with Gasteiger partial charge in [0.1, 0.15) is 12.4 Å². The molecule has 2 N–H and O–H groups in total. The molecule has 32 heavy (non-hydrogen) atoms. The number of halogens is 3. The fraction of sp³-hybridized carbons (Fsp3) is 0.0833. The zero-order valence-corrected chi connectivity index (χ0v) is 16.7. The van der Waals surface area contributed by atoms with Gasteiger partial charge in [0.15, 0.2) is 0 Å². The Hall–Kier alpha value is -4.07. The first-order valence-electron chi connectivity index (χ1n) is 9.69. The number of carbonyl (C=O) groups is 1. The summed E-state index contributed by atoms with van der Waals surface area (Å²) in [5.41, 5.74) is 2.79. The lowest BCUT2D eigenvalue weighted by Gasteiger charge is -2.08. The number of imidazole rings is 1. The largest absolute Gasteiger partial charge is 0.444 e. The topological polar surface area (TPSA) is 67.0 Å². The normalized spacial score (nSPS) is 11.2. The Kier molecular flexibility index (Phi) is 5.93. The van der Waals surface area contributed by atoms with E-state index in [1.807, 2.05) is 30.3 Å². The van der Waals surface area contributed by atoms with Gasteiger partial charge in [0.05, 0.1) is 17.5 Å². The Balaban J connectivity index is 1.38. The van der Waals surface area contributed by atoms with Crippen molar-refractivity contribution in [1.29, 1.82) is 0 Å². The molecule has 0 atom stereocenters. The molecule has 162 valence electrons. The molecular formula is C24H18F3N3O2. The summed E-state index contributed by atoms with van der Waals surface area (Å²) in [5, 5.41) is 2.66. The number of ether oxygens (including phenoxy) is 1. The van der Waals surface area contributed by atoms with E-state index in [1.165, 1.54) is 12.1 Å². The minimum absolute atomic E-state index is 0.172. The van der Waals surface area contributed by atoms with Gasteiger partial charge in [-0.3, -0.25) is 5.32 Å². The maximum Gasteiger partial charge on any atom is 0.416 e. The SMILES string of the molecule is O=C(Nc1ccc(-c2cnc(-c3ccc(C(F)(F)F)cc3)[nH]2)cc1)OCc1ccccc1. The minimum Gasteiger partial charge on any atom is -0.444 e.